The van der Waals surface area contributed by atoms with Gasteiger partial charge in [-0.3, -0.25) is 9.59 Å². The fourth-order valence-corrected chi connectivity index (χ4v) is 3.11. The number of halogens is 1. The van der Waals surface area contributed by atoms with E-state index < -0.39 is 0 Å². The Morgan fingerprint density at radius 1 is 1.14 bits per heavy atom. The van der Waals surface area contributed by atoms with Crippen LogP contribution in [0.2, 0.25) is 0 Å². The second kappa shape index (κ2) is 12.3. The summed E-state index contributed by atoms with van der Waals surface area (Å²) >= 11 is 1.33. The zero-order chi connectivity index (χ0) is 19.6. The smallest absolute Gasteiger partial charge is 0.252 e. The van der Waals surface area contributed by atoms with Gasteiger partial charge in [-0.05, 0) is 38.2 Å². The van der Waals surface area contributed by atoms with Gasteiger partial charge in [0.15, 0.2) is 0 Å². The highest BCUT2D eigenvalue weighted by Gasteiger charge is 2.13. The van der Waals surface area contributed by atoms with E-state index in [4.69, 9.17) is 4.74 Å². The van der Waals surface area contributed by atoms with Crippen molar-refractivity contribution in [3.8, 4) is 5.75 Å². The van der Waals surface area contributed by atoms with Gasteiger partial charge in [0.1, 0.15) is 5.75 Å². The molecule has 0 saturated heterocycles. The lowest BCUT2D eigenvalue weighted by Crippen LogP contribution is -2.37. The van der Waals surface area contributed by atoms with Crippen LogP contribution in [-0.2, 0) is 4.79 Å². The third-order valence-corrected chi connectivity index (χ3v) is 4.98. The van der Waals surface area contributed by atoms with Crippen LogP contribution < -0.4 is 20.7 Å². The Morgan fingerprint density at radius 3 is 2.61 bits per heavy atom. The number of ether oxygens (including phenoxy) is 1. The van der Waals surface area contributed by atoms with Gasteiger partial charge in [-0.1, -0.05) is 18.2 Å². The van der Waals surface area contributed by atoms with Crippen molar-refractivity contribution in [2.45, 2.75) is 17.9 Å². The number of hydrogen-bond donors (Lipinski definition) is 3. The molecule has 0 fully saturated rings. The summed E-state index contributed by atoms with van der Waals surface area (Å²) in [6.45, 7) is 2.52. The van der Waals surface area contributed by atoms with E-state index >= 15 is 0 Å². The van der Waals surface area contributed by atoms with E-state index in [1.165, 1.54) is 11.8 Å². The van der Waals surface area contributed by atoms with E-state index in [2.05, 4.69) is 16.0 Å². The van der Waals surface area contributed by atoms with E-state index in [1.54, 1.807) is 25.3 Å². The highest BCUT2D eigenvalue weighted by atomic mass is 35.5. The topological polar surface area (TPSA) is 79.5 Å². The molecule has 0 aliphatic rings. The SMILES string of the molecule is CNC(C)CNC(=O)c1ccccc1SCC(=O)Nc1cccc(OC)c1.Cl. The Kier molecular flexibility index (Phi) is 10.4. The summed E-state index contributed by atoms with van der Waals surface area (Å²) in [4.78, 5) is 25.4. The summed E-state index contributed by atoms with van der Waals surface area (Å²) < 4.78 is 5.15. The fraction of sp³-hybridized carbons (Fsp3) is 0.300. The predicted octanol–water partition coefficient (Wildman–Crippen LogP) is 3.19. The highest BCUT2D eigenvalue weighted by molar-refractivity contribution is 8.00. The van der Waals surface area contributed by atoms with Gasteiger partial charge in [-0.2, -0.15) is 0 Å². The molecule has 0 aliphatic heterocycles. The van der Waals surface area contributed by atoms with Gasteiger partial charge in [-0.15, -0.1) is 24.2 Å². The van der Waals surface area contributed by atoms with Crippen molar-refractivity contribution in [2.24, 2.45) is 0 Å². The first-order valence-corrected chi connectivity index (χ1v) is 9.63. The average Bonchev–Trinajstić information content (AvgIpc) is 2.70. The zero-order valence-electron chi connectivity index (χ0n) is 16.2. The number of likely N-dealkylation sites (N-methyl/N-ethyl adjacent to an activating group) is 1. The molecule has 2 amide bonds. The number of thioether (sulfide) groups is 1. The summed E-state index contributed by atoms with van der Waals surface area (Å²) in [5, 5.41) is 8.81. The van der Waals surface area contributed by atoms with E-state index in [-0.39, 0.29) is 36.0 Å². The summed E-state index contributed by atoms with van der Waals surface area (Å²) in [5.74, 6) is 0.591. The largest absolute Gasteiger partial charge is 0.497 e. The first kappa shape index (κ1) is 23.8. The number of benzene rings is 2. The number of hydrogen-bond acceptors (Lipinski definition) is 5. The second-order valence-corrected chi connectivity index (χ2v) is 6.98. The summed E-state index contributed by atoms with van der Waals surface area (Å²) in [5.41, 5.74) is 1.24. The molecule has 0 radical (unpaired) electrons. The molecule has 0 aromatic heterocycles. The van der Waals surface area contributed by atoms with Crippen molar-refractivity contribution in [3.05, 3.63) is 54.1 Å². The average molecular weight is 424 g/mol. The molecule has 2 aromatic carbocycles. The lowest BCUT2D eigenvalue weighted by molar-refractivity contribution is -0.113. The molecule has 2 rings (SSSR count). The lowest BCUT2D eigenvalue weighted by atomic mass is 10.2. The number of anilines is 1. The number of nitrogens with one attached hydrogen (secondary N) is 3. The van der Waals surface area contributed by atoms with Crippen LogP contribution in [0.4, 0.5) is 5.69 Å². The van der Waals surface area contributed by atoms with Gasteiger partial charge in [0.25, 0.3) is 5.91 Å². The summed E-state index contributed by atoms with van der Waals surface area (Å²) in [6.07, 6.45) is 0. The Bertz CT molecular complexity index is 789. The predicted molar refractivity (Wildman–Crippen MR) is 117 cm³/mol. The van der Waals surface area contributed by atoms with Crippen molar-refractivity contribution < 1.29 is 14.3 Å². The summed E-state index contributed by atoms with van der Waals surface area (Å²) in [7, 11) is 3.43. The van der Waals surface area contributed by atoms with E-state index in [1.807, 2.05) is 44.3 Å². The number of carbonyl (C=O) groups is 2. The molecule has 2 aromatic rings. The monoisotopic (exact) mass is 423 g/mol. The van der Waals surface area contributed by atoms with Gasteiger partial charge >= 0.3 is 0 Å². The van der Waals surface area contributed by atoms with Gasteiger partial charge in [-0.25, -0.2) is 0 Å². The van der Waals surface area contributed by atoms with Crippen molar-refractivity contribution in [3.63, 3.8) is 0 Å². The van der Waals surface area contributed by atoms with Gasteiger partial charge < -0.3 is 20.7 Å². The molecule has 0 heterocycles. The Morgan fingerprint density at radius 2 is 1.89 bits per heavy atom. The Labute approximate surface area is 176 Å². The molecule has 0 spiro atoms. The molecular weight excluding hydrogens is 398 g/mol. The van der Waals surface area contributed by atoms with Gasteiger partial charge in [0.2, 0.25) is 5.91 Å². The minimum absolute atomic E-state index is 0. The molecule has 0 bridgehead atoms. The zero-order valence-corrected chi connectivity index (χ0v) is 17.8. The Hall–Kier alpha value is -2.22. The van der Waals surface area contributed by atoms with Crippen molar-refractivity contribution in [1.82, 2.24) is 10.6 Å². The fourth-order valence-electron chi connectivity index (χ4n) is 2.26. The van der Waals surface area contributed by atoms with Gasteiger partial charge in [0, 0.05) is 29.2 Å². The third-order valence-electron chi connectivity index (χ3n) is 3.91. The van der Waals surface area contributed by atoms with Crippen LogP contribution in [0.3, 0.4) is 0 Å². The molecule has 1 atom stereocenters. The van der Waals surface area contributed by atoms with Crippen LogP contribution in [0.25, 0.3) is 0 Å². The maximum Gasteiger partial charge on any atom is 0.252 e. The molecular formula is C20H26ClN3O3S. The molecule has 8 heteroatoms. The first-order valence-electron chi connectivity index (χ1n) is 8.64. The van der Waals surface area contributed by atoms with E-state index in [9.17, 15) is 9.59 Å². The molecule has 152 valence electrons. The molecule has 0 aliphatic carbocycles. The summed E-state index contributed by atoms with van der Waals surface area (Å²) in [6, 6.07) is 14.7. The quantitative estimate of drug-likeness (QED) is 0.540. The number of methoxy groups -OCH3 is 1. The molecule has 28 heavy (non-hydrogen) atoms. The molecule has 0 saturated carbocycles. The van der Waals surface area contributed by atoms with Crippen LogP contribution in [0.5, 0.6) is 5.75 Å². The number of amides is 2. The third kappa shape index (κ3) is 7.42. The minimum atomic E-state index is -0.146. The van der Waals surface area contributed by atoms with Crippen LogP contribution >= 0.6 is 24.2 Å². The van der Waals surface area contributed by atoms with Crippen LogP contribution in [0.1, 0.15) is 17.3 Å². The maximum absolute atomic E-state index is 12.4. The van der Waals surface area contributed by atoms with Gasteiger partial charge in [0.05, 0.1) is 18.4 Å². The van der Waals surface area contributed by atoms with E-state index in [0.29, 0.717) is 23.5 Å². The number of rotatable bonds is 9. The van der Waals surface area contributed by atoms with Crippen LogP contribution in [-0.4, -0.2) is 44.3 Å². The molecule has 6 nitrogen and oxygen atoms in total. The standard InChI is InChI=1S/C20H25N3O3S.ClH/c1-14(21-2)12-22-20(25)17-9-4-5-10-18(17)27-13-19(24)23-15-7-6-8-16(11-15)26-3;/h4-11,14,21H,12-13H2,1-3H3,(H,22,25)(H,23,24);1H. The van der Waals surface area contributed by atoms with Crippen LogP contribution in [0.15, 0.2) is 53.4 Å². The number of carbonyl (C=O) groups excluding carboxylic acids is 2. The second-order valence-electron chi connectivity index (χ2n) is 5.96. The molecule has 1 unspecified atom stereocenters. The lowest BCUT2D eigenvalue weighted by Gasteiger charge is -2.13. The van der Waals surface area contributed by atoms with Crippen LogP contribution in [0, 0.1) is 0 Å². The minimum Gasteiger partial charge on any atom is -0.497 e. The molecule has 3 N–H and O–H groups in total. The maximum atomic E-state index is 12.4. The van der Waals surface area contributed by atoms with E-state index in [0.717, 1.165) is 4.90 Å². The van der Waals surface area contributed by atoms with Crippen molar-refractivity contribution >= 4 is 41.7 Å². The Balaban J connectivity index is 0.00000392. The normalized spacial score (nSPS) is 11.1. The van der Waals surface area contributed by atoms with Crippen molar-refractivity contribution in [2.75, 3.05) is 31.8 Å². The first-order chi connectivity index (χ1) is 13.0. The highest BCUT2D eigenvalue weighted by Crippen LogP contribution is 2.23. The van der Waals surface area contributed by atoms with Crippen molar-refractivity contribution in [1.29, 1.82) is 0 Å².